The van der Waals surface area contributed by atoms with E-state index in [4.69, 9.17) is 0 Å². The van der Waals surface area contributed by atoms with Gasteiger partial charge in [-0.1, -0.05) is 6.07 Å². The molecule has 0 spiro atoms. The van der Waals surface area contributed by atoms with E-state index >= 15 is 0 Å². The lowest BCUT2D eigenvalue weighted by Gasteiger charge is -2.35. The first-order chi connectivity index (χ1) is 24.7. The van der Waals surface area contributed by atoms with Crippen LogP contribution in [0.4, 0.5) is 11.5 Å². The number of amides is 2. The van der Waals surface area contributed by atoms with Gasteiger partial charge in [0.25, 0.3) is 13.4 Å². The molecule has 1 aromatic carbocycles. The van der Waals surface area contributed by atoms with Crippen LogP contribution in [0.25, 0.3) is 0 Å². The van der Waals surface area contributed by atoms with Crippen LogP contribution in [0.2, 0.25) is 0 Å². The molecule has 292 valence electrons. The Morgan fingerprint density at radius 3 is 2.21 bits per heavy atom. The van der Waals surface area contributed by atoms with E-state index in [0.29, 0.717) is 5.56 Å². The van der Waals surface area contributed by atoms with Crippen molar-refractivity contribution in [2.24, 2.45) is 0 Å². The minimum atomic E-state index is -5.52. The molecule has 8 N–H and O–H groups in total. The Bertz CT molecular complexity index is 1870. The van der Waals surface area contributed by atoms with Gasteiger partial charge in [0.1, 0.15) is 36.0 Å². The molecule has 2 aromatic rings. The first-order valence-corrected chi connectivity index (χ1v) is 17.0. The SMILES string of the molecule is C[C@H](OP(=O)([O-])OC[C@@H](O)[C@@H](O)[C@@H](O)CN1c2cc(O)ccc2Cc2c1[nH]c(=O)[nH]c2=O)C(=O)N[C@@H](CCC(=O)N[C@@H](CCC(=O)[O-])C(=O)[O-])C(=O)[O-]. The molecule has 1 aliphatic rings. The number of phosphoric ester groups is 1. The predicted octanol–water partition coefficient (Wildman–Crippen LogP) is -7.44. The summed E-state index contributed by atoms with van der Waals surface area (Å²) >= 11 is 0. The van der Waals surface area contributed by atoms with Crippen molar-refractivity contribution in [1.29, 1.82) is 0 Å². The summed E-state index contributed by atoms with van der Waals surface area (Å²) in [7, 11) is -5.52. The summed E-state index contributed by atoms with van der Waals surface area (Å²) in [4.78, 5) is 100. The second-order valence-electron chi connectivity index (χ2n) is 11.7. The van der Waals surface area contributed by atoms with Gasteiger partial charge >= 0.3 is 5.69 Å². The molecule has 53 heavy (non-hydrogen) atoms. The molecule has 3 rings (SSSR count). The number of benzene rings is 1. The van der Waals surface area contributed by atoms with Gasteiger partial charge in [-0.15, -0.1) is 0 Å². The second kappa shape index (κ2) is 18.1. The lowest BCUT2D eigenvalue weighted by Crippen LogP contribution is -2.52. The van der Waals surface area contributed by atoms with Gasteiger partial charge in [0, 0.05) is 30.6 Å². The van der Waals surface area contributed by atoms with Gasteiger partial charge in [-0.05, 0) is 37.8 Å². The number of phenolic OH excluding ortho intramolecular Hbond substituents is 1. The molecule has 23 nitrogen and oxygen atoms in total. The van der Waals surface area contributed by atoms with Crippen LogP contribution in [-0.4, -0.2) is 110 Å². The standard InChI is InChI=1S/C29H38N5O18P/c1-12(25(42)31-17(28(46)47)4-6-21(38)30-16(27(44)45)5-7-22(39)40)52-53(49,50)51-11-20(37)23(41)19(36)10-34-18-9-14(35)3-2-13(18)8-15-24(34)32-29(48)33-26(15)43/h2-3,9,12,16-17,19-20,23,35-37,41H,4-8,10-11H2,1H3,(H,30,38)(H,31,42)(H,39,40)(H,44,45)(H,46,47)(H,49,50)(H2,32,33,43,48)/p-4/t12-,16-,17-,19-,20+,23-/m0/s1. The third-order valence-corrected chi connectivity index (χ3v) is 8.79. The highest BCUT2D eigenvalue weighted by Crippen LogP contribution is 2.40. The number of aliphatic hydroxyl groups is 3. The van der Waals surface area contributed by atoms with Gasteiger partial charge in [-0.3, -0.25) is 28.9 Å². The zero-order valence-electron chi connectivity index (χ0n) is 27.5. The molecule has 0 fully saturated rings. The van der Waals surface area contributed by atoms with Crippen LogP contribution in [0.3, 0.4) is 0 Å². The topological polar surface area (TPSA) is 387 Å². The van der Waals surface area contributed by atoms with Crippen LogP contribution in [-0.2, 0) is 44.0 Å². The first kappa shape index (κ1) is 42.3. The number of aromatic hydroxyl groups is 1. The number of aromatic nitrogens is 2. The number of carboxylic acid groups (broad SMARTS) is 3. The molecule has 1 aromatic heterocycles. The Balaban J connectivity index is 1.56. The molecule has 0 saturated heterocycles. The summed E-state index contributed by atoms with van der Waals surface area (Å²) in [5.41, 5.74) is -0.883. The Morgan fingerprint density at radius 1 is 0.962 bits per heavy atom. The van der Waals surface area contributed by atoms with E-state index in [2.05, 4.69) is 19.0 Å². The number of nitrogens with one attached hydrogen (secondary N) is 4. The Kier molecular flexibility index (Phi) is 14.4. The van der Waals surface area contributed by atoms with Gasteiger partial charge in [0.2, 0.25) is 11.8 Å². The highest BCUT2D eigenvalue weighted by molar-refractivity contribution is 7.45. The number of phosphoric acid groups is 1. The molecular weight excluding hydrogens is 737 g/mol. The fraction of sp³-hybridized carbons (Fsp3) is 0.483. The zero-order chi connectivity index (χ0) is 39.8. The zero-order valence-corrected chi connectivity index (χ0v) is 28.4. The molecule has 0 radical (unpaired) electrons. The number of phenols is 1. The molecular formula is C29H34N5O18P-4. The van der Waals surface area contributed by atoms with Crippen molar-refractivity contribution < 1.29 is 78.2 Å². The average molecular weight is 772 g/mol. The van der Waals surface area contributed by atoms with E-state index in [1.165, 1.54) is 23.1 Å². The van der Waals surface area contributed by atoms with Gasteiger partial charge in [-0.2, -0.15) is 0 Å². The minimum absolute atomic E-state index is 0.0198. The predicted molar refractivity (Wildman–Crippen MR) is 165 cm³/mol. The number of fused-ring (bicyclic) bond motifs is 2. The maximum atomic E-state index is 12.5. The summed E-state index contributed by atoms with van der Waals surface area (Å²) < 4.78 is 21.5. The third kappa shape index (κ3) is 11.9. The molecule has 24 heteroatoms. The Morgan fingerprint density at radius 2 is 1.58 bits per heavy atom. The molecule has 7 atom stereocenters. The number of carbonyl (C=O) groups is 5. The monoisotopic (exact) mass is 771 g/mol. The van der Waals surface area contributed by atoms with E-state index in [-0.39, 0.29) is 29.2 Å². The molecule has 1 aliphatic heterocycles. The van der Waals surface area contributed by atoms with Crippen LogP contribution in [0.1, 0.15) is 43.7 Å². The number of H-pyrrole nitrogens is 2. The Hall–Kier alpha value is -5.16. The van der Waals surface area contributed by atoms with Gasteiger partial charge < -0.3 is 79.6 Å². The van der Waals surface area contributed by atoms with Crippen LogP contribution >= 0.6 is 7.82 Å². The quantitative estimate of drug-likeness (QED) is 0.0579. The summed E-state index contributed by atoms with van der Waals surface area (Å²) in [5, 5.41) is 78.7. The van der Waals surface area contributed by atoms with Crippen molar-refractivity contribution >= 4 is 49.1 Å². The van der Waals surface area contributed by atoms with Gasteiger partial charge in [0.15, 0.2) is 0 Å². The van der Waals surface area contributed by atoms with Crippen molar-refractivity contribution in [3.63, 3.8) is 0 Å². The fourth-order valence-electron chi connectivity index (χ4n) is 5.03. The van der Waals surface area contributed by atoms with E-state index in [1.54, 1.807) is 0 Å². The lowest BCUT2D eigenvalue weighted by atomic mass is 9.97. The summed E-state index contributed by atoms with van der Waals surface area (Å²) in [6.07, 6.45) is -11.0. The number of β-amino-alcohol motifs (C(OH)–C–C–N with tert-alkyl or cyclic N) is 1. The van der Waals surface area contributed by atoms with Crippen molar-refractivity contribution in [3.8, 4) is 5.75 Å². The maximum Gasteiger partial charge on any atom is 0.327 e. The molecule has 0 aliphatic carbocycles. The normalized spacial score (nSPS) is 16.7. The van der Waals surface area contributed by atoms with E-state index < -0.39 is 124 Å². The molecule has 0 bridgehead atoms. The third-order valence-electron chi connectivity index (χ3n) is 7.75. The van der Waals surface area contributed by atoms with Crippen LogP contribution in [0, 0.1) is 0 Å². The Labute approximate surface area is 297 Å². The molecule has 2 amide bonds. The number of carboxylic acids is 3. The number of carbonyl (C=O) groups excluding carboxylic acids is 5. The lowest BCUT2D eigenvalue weighted by molar-refractivity contribution is -0.311. The highest BCUT2D eigenvalue weighted by atomic mass is 31.2. The fourth-order valence-corrected chi connectivity index (χ4v) is 5.91. The summed E-state index contributed by atoms with van der Waals surface area (Å²) in [5.74, 6) is -8.12. The van der Waals surface area contributed by atoms with Crippen molar-refractivity contribution in [2.45, 2.75) is 75.5 Å². The van der Waals surface area contributed by atoms with Crippen molar-refractivity contribution in [2.75, 3.05) is 18.1 Å². The number of hydrogen-bond acceptors (Lipinski definition) is 19. The van der Waals surface area contributed by atoms with Gasteiger partial charge in [-0.25, -0.2) is 4.79 Å². The molecule has 2 heterocycles. The van der Waals surface area contributed by atoms with Crippen LogP contribution < -0.4 is 47.0 Å². The maximum absolute atomic E-state index is 12.5. The first-order valence-electron chi connectivity index (χ1n) is 15.5. The largest absolute Gasteiger partial charge is 0.756 e. The smallest absolute Gasteiger partial charge is 0.327 e. The van der Waals surface area contributed by atoms with Crippen molar-refractivity contribution in [1.82, 2.24) is 20.6 Å². The summed E-state index contributed by atoms with van der Waals surface area (Å²) in [6.45, 7) is -1.02. The van der Waals surface area contributed by atoms with E-state index in [1.807, 2.05) is 10.6 Å². The van der Waals surface area contributed by atoms with Gasteiger partial charge in [0.05, 0.1) is 42.7 Å². The number of aromatic amines is 2. The summed E-state index contributed by atoms with van der Waals surface area (Å²) in [6, 6.07) is 0.374. The van der Waals surface area contributed by atoms with Crippen LogP contribution in [0.5, 0.6) is 5.75 Å². The second-order valence-corrected chi connectivity index (χ2v) is 13.1. The van der Waals surface area contributed by atoms with E-state index in [0.717, 1.165) is 6.92 Å². The minimum Gasteiger partial charge on any atom is -0.756 e. The number of hydrogen-bond donors (Lipinski definition) is 8. The molecule has 0 saturated carbocycles. The molecule has 1 unspecified atom stereocenters. The number of aliphatic hydroxyl groups excluding tert-OH is 3. The van der Waals surface area contributed by atoms with Crippen molar-refractivity contribution in [3.05, 3.63) is 50.2 Å². The van der Waals surface area contributed by atoms with E-state index in [9.17, 15) is 78.8 Å². The number of rotatable bonds is 20. The average Bonchev–Trinajstić information content (AvgIpc) is 3.06. The van der Waals surface area contributed by atoms with Crippen LogP contribution in [0.15, 0.2) is 27.8 Å². The number of aliphatic carboxylic acids is 3. The highest BCUT2D eigenvalue weighted by Gasteiger charge is 2.33. The number of anilines is 2. The number of nitrogens with zero attached hydrogens (tertiary/aromatic N) is 1.